The van der Waals surface area contributed by atoms with Crippen molar-refractivity contribution in [2.24, 2.45) is 0 Å². The van der Waals surface area contributed by atoms with Crippen LogP contribution in [-0.2, 0) is 0 Å². The summed E-state index contributed by atoms with van der Waals surface area (Å²) in [4.78, 5) is 0. The zero-order valence-electron chi connectivity index (χ0n) is 6.39. The van der Waals surface area contributed by atoms with Gasteiger partial charge in [-0.1, -0.05) is 6.07 Å². The van der Waals surface area contributed by atoms with E-state index in [1.54, 1.807) is 12.1 Å². The first-order valence-corrected chi connectivity index (χ1v) is 4.96. The van der Waals surface area contributed by atoms with Crippen LogP contribution in [0.25, 0.3) is 0 Å². The van der Waals surface area contributed by atoms with Crippen molar-refractivity contribution in [3.8, 4) is 5.75 Å². The van der Waals surface area contributed by atoms with E-state index in [9.17, 15) is 4.39 Å². The fourth-order valence-corrected chi connectivity index (χ4v) is 1.41. The second kappa shape index (κ2) is 3.20. The molecule has 0 radical (unpaired) electrons. The monoisotopic (exact) mass is 278 g/mol. The first-order chi connectivity index (χ1) is 5.77. The first kappa shape index (κ1) is 8.29. The SMILES string of the molecule is Fc1c(I)cccc1OC1CC1. The summed E-state index contributed by atoms with van der Waals surface area (Å²) in [7, 11) is 0. The van der Waals surface area contributed by atoms with E-state index in [0.29, 0.717) is 9.32 Å². The van der Waals surface area contributed by atoms with Gasteiger partial charge in [0.25, 0.3) is 0 Å². The summed E-state index contributed by atoms with van der Waals surface area (Å²) in [6, 6.07) is 5.22. The molecule has 1 aromatic rings. The molecule has 3 heteroatoms. The molecule has 0 N–H and O–H groups in total. The van der Waals surface area contributed by atoms with Gasteiger partial charge in [0.15, 0.2) is 11.6 Å². The molecule has 0 unspecified atom stereocenters. The van der Waals surface area contributed by atoms with Gasteiger partial charge >= 0.3 is 0 Å². The van der Waals surface area contributed by atoms with Gasteiger partial charge in [0, 0.05) is 0 Å². The number of ether oxygens (including phenoxy) is 1. The van der Waals surface area contributed by atoms with E-state index in [2.05, 4.69) is 0 Å². The summed E-state index contributed by atoms with van der Waals surface area (Å²) in [5.74, 6) is 0.161. The highest BCUT2D eigenvalue weighted by Gasteiger charge is 2.24. The lowest BCUT2D eigenvalue weighted by Gasteiger charge is -2.05. The van der Waals surface area contributed by atoms with Crippen LogP contribution in [0.15, 0.2) is 18.2 Å². The van der Waals surface area contributed by atoms with E-state index < -0.39 is 0 Å². The van der Waals surface area contributed by atoms with Gasteiger partial charge in [-0.15, -0.1) is 0 Å². The first-order valence-electron chi connectivity index (χ1n) is 3.88. The third-order valence-electron chi connectivity index (χ3n) is 1.73. The van der Waals surface area contributed by atoms with Crippen molar-refractivity contribution in [1.82, 2.24) is 0 Å². The van der Waals surface area contributed by atoms with E-state index >= 15 is 0 Å². The van der Waals surface area contributed by atoms with E-state index in [0.717, 1.165) is 12.8 Å². The maximum atomic E-state index is 13.3. The Balaban J connectivity index is 2.23. The third-order valence-corrected chi connectivity index (χ3v) is 2.57. The van der Waals surface area contributed by atoms with Crippen molar-refractivity contribution in [2.75, 3.05) is 0 Å². The topological polar surface area (TPSA) is 9.23 Å². The Hall–Kier alpha value is -0.320. The molecule has 12 heavy (non-hydrogen) atoms. The normalized spacial score (nSPS) is 16.2. The molecule has 1 fully saturated rings. The fourth-order valence-electron chi connectivity index (χ4n) is 0.940. The number of benzene rings is 1. The Morgan fingerprint density at radius 2 is 2.17 bits per heavy atom. The standard InChI is InChI=1S/C9H8FIO/c10-9-7(11)2-1-3-8(9)12-6-4-5-6/h1-3,6H,4-5H2. The molecule has 1 aromatic carbocycles. The van der Waals surface area contributed by atoms with Gasteiger partial charge in [0.05, 0.1) is 9.67 Å². The summed E-state index contributed by atoms with van der Waals surface area (Å²) in [6.07, 6.45) is 2.38. The van der Waals surface area contributed by atoms with Gasteiger partial charge in [0.2, 0.25) is 0 Å². The van der Waals surface area contributed by atoms with Crippen LogP contribution in [0.5, 0.6) is 5.75 Å². The van der Waals surface area contributed by atoms with Gasteiger partial charge in [-0.2, -0.15) is 0 Å². The van der Waals surface area contributed by atoms with Crippen LogP contribution in [0.1, 0.15) is 12.8 Å². The minimum atomic E-state index is -0.231. The van der Waals surface area contributed by atoms with Crippen LogP contribution >= 0.6 is 22.6 Å². The Morgan fingerprint density at radius 3 is 2.83 bits per heavy atom. The lowest BCUT2D eigenvalue weighted by atomic mass is 10.3. The molecule has 0 saturated heterocycles. The van der Waals surface area contributed by atoms with Crippen molar-refractivity contribution in [3.05, 3.63) is 27.6 Å². The van der Waals surface area contributed by atoms with Gasteiger partial charge in [0.1, 0.15) is 0 Å². The van der Waals surface area contributed by atoms with Gasteiger partial charge in [-0.3, -0.25) is 0 Å². The molecule has 1 aliphatic rings. The maximum Gasteiger partial charge on any atom is 0.178 e. The Labute approximate surface area is 84.1 Å². The highest BCUT2D eigenvalue weighted by Crippen LogP contribution is 2.29. The third kappa shape index (κ3) is 1.71. The van der Waals surface area contributed by atoms with E-state index in [1.165, 1.54) is 0 Å². The van der Waals surface area contributed by atoms with E-state index in [-0.39, 0.29) is 11.9 Å². The summed E-state index contributed by atoms with van der Waals surface area (Å²) >= 11 is 1.96. The van der Waals surface area contributed by atoms with Crippen LogP contribution in [0.2, 0.25) is 0 Å². The van der Waals surface area contributed by atoms with Crippen molar-refractivity contribution in [2.45, 2.75) is 18.9 Å². The molecule has 0 aliphatic heterocycles. The molecule has 1 nitrogen and oxygen atoms in total. The lowest BCUT2D eigenvalue weighted by Crippen LogP contribution is -1.99. The van der Waals surface area contributed by atoms with Gasteiger partial charge in [-0.25, -0.2) is 4.39 Å². The van der Waals surface area contributed by atoms with Gasteiger partial charge in [-0.05, 0) is 47.6 Å². The number of hydrogen-bond acceptors (Lipinski definition) is 1. The fraction of sp³-hybridized carbons (Fsp3) is 0.333. The second-order valence-electron chi connectivity index (χ2n) is 2.87. The minimum Gasteiger partial charge on any atom is -0.487 e. The van der Waals surface area contributed by atoms with Crippen LogP contribution in [0.4, 0.5) is 4.39 Å². The average Bonchev–Trinajstić information content (AvgIpc) is 2.83. The molecule has 2 rings (SSSR count). The summed E-state index contributed by atoms with van der Waals surface area (Å²) in [6.45, 7) is 0. The van der Waals surface area contributed by atoms with E-state index in [1.807, 2.05) is 28.7 Å². The van der Waals surface area contributed by atoms with Crippen LogP contribution in [-0.4, -0.2) is 6.10 Å². The summed E-state index contributed by atoms with van der Waals surface area (Å²) < 4.78 is 19.2. The largest absolute Gasteiger partial charge is 0.487 e. The zero-order chi connectivity index (χ0) is 8.55. The average molecular weight is 278 g/mol. The second-order valence-corrected chi connectivity index (χ2v) is 4.03. The molecule has 64 valence electrons. The molecule has 1 aliphatic carbocycles. The molecule has 0 spiro atoms. The van der Waals surface area contributed by atoms with Crippen LogP contribution in [0, 0.1) is 9.39 Å². The Morgan fingerprint density at radius 1 is 1.42 bits per heavy atom. The lowest BCUT2D eigenvalue weighted by molar-refractivity contribution is 0.287. The van der Waals surface area contributed by atoms with E-state index in [4.69, 9.17) is 4.74 Å². The highest BCUT2D eigenvalue weighted by atomic mass is 127. The van der Waals surface area contributed by atoms with Gasteiger partial charge < -0.3 is 4.74 Å². The van der Waals surface area contributed by atoms with Crippen molar-refractivity contribution >= 4 is 22.6 Å². The predicted octanol–water partition coefficient (Wildman–Crippen LogP) is 2.97. The predicted molar refractivity (Wildman–Crippen MR) is 52.8 cm³/mol. The number of hydrogen-bond donors (Lipinski definition) is 0. The summed E-state index contributed by atoms with van der Waals surface area (Å²) in [5, 5.41) is 0. The molecule has 0 atom stereocenters. The highest BCUT2D eigenvalue weighted by molar-refractivity contribution is 14.1. The number of rotatable bonds is 2. The Kier molecular flexibility index (Phi) is 2.21. The van der Waals surface area contributed by atoms with Crippen LogP contribution < -0.4 is 4.74 Å². The Bertz CT molecular complexity index is 297. The van der Waals surface area contributed by atoms with Crippen molar-refractivity contribution < 1.29 is 9.13 Å². The molecule has 1 saturated carbocycles. The smallest absolute Gasteiger partial charge is 0.178 e. The zero-order valence-corrected chi connectivity index (χ0v) is 8.55. The minimum absolute atomic E-state index is 0.231. The molecule has 0 amide bonds. The number of halogens is 2. The molecule has 0 heterocycles. The molecule has 0 aromatic heterocycles. The maximum absolute atomic E-state index is 13.3. The van der Waals surface area contributed by atoms with Crippen LogP contribution in [0.3, 0.4) is 0 Å². The summed E-state index contributed by atoms with van der Waals surface area (Å²) in [5.41, 5.74) is 0. The molecule has 0 bridgehead atoms. The molecular weight excluding hydrogens is 270 g/mol. The van der Waals surface area contributed by atoms with Crippen molar-refractivity contribution in [3.63, 3.8) is 0 Å². The quantitative estimate of drug-likeness (QED) is 0.756. The van der Waals surface area contributed by atoms with Crippen molar-refractivity contribution in [1.29, 1.82) is 0 Å². The molecular formula is C9H8FIO.